The number of hydrogen-bond acceptors (Lipinski definition) is 2. The molecule has 0 unspecified atom stereocenters. The molecule has 0 radical (unpaired) electrons. The van der Waals surface area contributed by atoms with Gasteiger partial charge in [0.1, 0.15) is 0 Å². The highest BCUT2D eigenvalue weighted by Gasteiger charge is 2.51. The average molecular weight is 445 g/mol. The van der Waals surface area contributed by atoms with E-state index in [1.807, 2.05) is 34.1 Å². The van der Waals surface area contributed by atoms with Crippen molar-refractivity contribution in [1.82, 2.24) is 9.80 Å². The summed E-state index contributed by atoms with van der Waals surface area (Å²) in [6.45, 7) is 2.62. The van der Waals surface area contributed by atoms with E-state index in [-0.39, 0.29) is 5.91 Å². The monoisotopic (exact) mass is 444 g/mol. The molecule has 1 aromatic rings. The van der Waals surface area contributed by atoms with Gasteiger partial charge in [-0.05, 0) is 79.9 Å². The number of rotatable bonds is 3. The predicted molar refractivity (Wildman–Crippen MR) is 112 cm³/mol. The minimum atomic E-state index is 0.0643. The molecule has 0 spiro atoms. The van der Waals surface area contributed by atoms with Crippen molar-refractivity contribution in [2.45, 2.75) is 44.9 Å². The topological polar surface area (TPSA) is 40.6 Å². The molecule has 5 aliphatic rings. The first-order valence-electron chi connectivity index (χ1n) is 10.8. The molecular weight excluding hydrogens is 416 g/mol. The Morgan fingerprint density at radius 1 is 0.929 bits per heavy atom. The number of benzene rings is 1. The van der Waals surface area contributed by atoms with Crippen LogP contribution in [0.15, 0.2) is 28.7 Å². The summed E-state index contributed by atoms with van der Waals surface area (Å²) < 4.78 is 0.919. The van der Waals surface area contributed by atoms with Gasteiger partial charge in [0.2, 0.25) is 5.91 Å². The Balaban J connectivity index is 1.18. The summed E-state index contributed by atoms with van der Waals surface area (Å²) in [4.78, 5) is 29.7. The van der Waals surface area contributed by atoms with Gasteiger partial charge in [-0.25, -0.2) is 0 Å². The predicted octanol–water partition coefficient (Wildman–Crippen LogP) is 4.34. The number of hydrogen-bond donors (Lipinski definition) is 0. The first-order chi connectivity index (χ1) is 13.5. The Hall–Kier alpha value is -1.36. The number of carbonyl (C=O) groups is 2. The van der Waals surface area contributed by atoms with E-state index >= 15 is 0 Å². The van der Waals surface area contributed by atoms with Gasteiger partial charge in [0.25, 0.3) is 5.91 Å². The lowest BCUT2D eigenvalue weighted by Gasteiger charge is -2.57. The summed E-state index contributed by atoms with van der Waals surface area (Å²) in [5.41, 5.74) is 1.01. The molecule has 1 heterocycles. The smallest absolute Gasteiger partial charge is 0.254 e. The first-order valence-corrected chi connectivity index (χ1v) is 11.6. The third-order valence-electron chi connectivity index (χ3n) is 7.68. The van der Waals surface area contributed by atoms with Crippen LogP contribution in [0.2, 0.25) is 0 Å². The van der Waals surface area contributed by atoms with Crippen LogP contribution in [0.5, 0.6) is 0 Å². The van der Waals surface area contributed by atoms with Crippen molar-refractivity contribution in [3.05, 3.63) is 34.3 Å². The first kappa shape index (κ1) is 18.7. The SMILES string of the molecule is O=C(CC12CC3CC(CC(C3)C1)C2)N1CCN(C(=O)c2cccc(Br)c2)CC1. The number of carbonyl (C=O) groups excluding carboxylic acids is 2. The van der Waals surface area contributed by atoms with Crippen LogP contribution in [-0.4, -0.2) is 47.8 Å². The van der Waals surface area contributed by atoms with Gasteiger partial charge in [-0.2, -0.15) is 0 Å². The van der Waals surface area contributed by atoms with Crippen molar-refractivity contribution in [3.63, 3.8) is 0 Å². The Morgan fingerprint density at radius 2 is 1.50 bits per heavy atom. The summed E-state index contributed by atoms with van der Waals surface area (Å²) in [5.74, 6) is 3.06. The third-order valence-corrected chi connectivity index (χ3v) is 8.18. The van der Waals surface area contributed by atoms with Crippen molar-refractivity contribution in [2.24, 2.45) is 23.2 Å². The summed E-state index contributed by atoms with van der Waals surface area (Å²) >= 11 is 3.43. The van der Waals surface area contributed by atoms with E-state index in [1.165, 1.54) is 38.5 Å². The average Bonchev–Trinajstić information content (AvgIpc) is 2.66. The summed E-state index contributed by atoms with van der Waals surface area (Å²) in [5, 5.41) is 0. The zero-order valence-corrected chi connectivity index (χ0v) is 18.0. The maximum atomic E-state index is 13.1. The highest BCUT2D eigenvalue weighted by Crippen LogP contribution is 2.61. The lowest BCUT2D eigenvalue weighted by Crippen LogP contribution is -2.53. The third kappa shape index (κ3) is 3.51. The molecule has 5 heteroatoms. The molecule has 0 N–H and O–H groups in total. The normalized spacial score (nSPS) is 34.0. The Bertz CT molecular complexity index is 749. The van der Waals surface area contributed by atoms with Crippen LogP contribution in [0.1, 0.15) is 55.3 Å². The molecule has 6 rings (SSSR count). The van der Waals surface area contributed by atoms with E-state index in [9.17, 15) is 9.59 Å². The fourth-order valence-electron chi connectivity index (χ4n) is 6.90. The Kier molecular flexibility index (Phi) is 4.77. The van der Waals surface area contributed by atoms with Gasteiger partial charge < -0.3 is 9.80 Å². The summed E-state index contributed by atoms with van der Waals surface area (Å²) in [6, 6.07) is 7.55. The second kappa shape index (κ2) is 7.16. The molecule has 0 aromatic heterocycles. The Labute approximate surface area is 175 Å². The van der Waals surface area contributed by atoms with E-state index in [2.05, 4.69) is 15.9 Å². The van der Waals surface area contributed by atoms with Crippen LogP contribution in [0, 0.1) is 23.2 Å². The quantitative estimate of drug-likeness (QED) is 0.695. The largest absolute Gasteiger partial charge is 0.339 e. The molecule has 150 valence electrons. The van der Waals surface area contributed by atoms with Crippen LogP contribution >= 0.6 is 15.9 Å². The highest BCUT2D eigenvalue weighted by atomic mass is 79.9. The molecule has 2 amide bonds. The maximum Gasteiger partial charge on any atom is 0.254 e. The molecule has 0 atom stereocenters. The standard InChI is InChI=1S/C23H29BrN2O2/c24-20-3-1-2-19(11-20)22(28)26-6-4-25(5-7-26)21(27)15-23-12-16-8-17(13-23)10-18(9-16)14-23/h1-3,11,16-18H,4-10,12-15H2. The lowest BCUT2D eigenvalue weighted by molar-refractivity contribution is -0.141. The molecule has 4 aliphatic carbocycles. The number of amides is 2. The number of nitrogens with zero attached hydrogens (tertiary/aromatic N) is 2. The van der Waals surface area contributed by atoms with Crippen molar-refractivity contribution < 1.29 is 9.59 Å². The molecule has 28 heavy (non-hydrogen) atoms. The minimum absolute atomic E-state index is 0.0643. The van der Waals surface area contributed by atoms with Crippen LogP contribution < -0.4 is 0 Å². The summed E-state index contributed by atoms with van der Waals surface area (Å²) in [6.07, 6.45) is 8.86. The lowest BCUT2D eigenvalue weighted by atomic mass is 9.49. The molecule has 4 nitrogen and oxygen atoms in total. The van der Waals surface area contributed by atoms with E-state index in [1.54, 1.807) is 0 Å². The second-order valence-electron chi connectivity index (χ2n) is 9.78. The van der Waals surface area contributed by atoms with Crippen molar-refractivity contribution in [2.75, 3.05) is 26.2 Å². The number of piperazine rings is 1. The molecule has 1 saturated heterocycles. The van der Waals surface area contributed by atoms with Crippen molar-refractivity contribution >= 4 is 27.7 Å². The van der Waals surface area contributed by atoms with Gasteiger partial charge in [-0.3, -0.25) is 9.59 Å². The highest BCUT2D eigenvalue weighted by molar-refractivity contribution is 9.10. The number of halogens is 1. The van der Waals surface area contributed by atoms with Crippen molar-refractivity contribution in [1.29, 1.82) is 0 Å². The second-order valence-corrected chi connectivity index (χ2v) is 10.7. The van der Waals surface area contributed by atoms with E-state index in [0.29, 0.717) is 43.1 Å². The zero-order valence-electron chi connectivity index (χ0n) is 16.4. The molecular formula is C23H29BrN2O2. The van der Waals surface area contributed by atoms with E-state index in [4.69, 9.17) is 0 Å². The minimum Gasteiger partial charge on any atom is -0.339 e. The molecule has 4 saturated carbocycles. The van der Waals surface area contributed by atoms with Crippen LogP contribution in [0.3, 0.4) is 0 Å². The van der Waals surface area contributed by atoms with E-state index < -0.39 is 0 Å². The van der Waals surface area contributed by atoms with Crippen LogP contribution in [0.4, 0.5) is 0 Å². The van der Waals surface area contributed by atoms with Gasteiger partial charge in [0, 0.05) is 42.6 Å². The fraction of sp³-hybridized carbons (Fsp3) is 0.652. The van der Waals surface area contributed by atoms with Crippen LogP contribution in [0.25, 0.3) is 0 Å². The van der Waals surface area contributed by atoms with E-state index in [0.717, 1.165) is 28.6 Å². The molecule has 4 bridgehead atoms. The summed E-state index contributed by atoms with van der Waals surface area (Å²) in [7, 11) is 0. The van der Waals surface area contributed by atoms with Gasteiger partial charge >= 0.3 is 0 Å². The molecule has 1 aliphatic heterocycles. The van der Waals surface area contributed by atoms with Crippen LogP contribution in [-0.2, 0) is 4.79 Å². The zero-order chi connectivity index (χ0) is 19.3. The van der Waals surface area contributed by atoms with Gasteiger partial charge in [0.05, 0.1) is 0 Å². The van der Waals surface area contributed by atoms with Gasteiger partial charge in [-0.1, -0.05) is 22.0 Å². The Morgan fingerprint density at radius 3 is 2.07 bits per heavy atom. The molecule has 5 fully saturated rings. The maximum absolute atomic E-state index is 13.1. The molecule has 1 aromatic carbocycles. The van der Waals surface area contributed by atoms with Gasteiger partial charge in [0.15, 0.2) is 0 Å². The van der Waals surface area contributed by atoms with Gasteiger partial charge in [-0.15, -0.1) is 0 Å². The van der Waals surface area contributed by atoms with Crippen molar-refractivity contribution in [3.8, 4) is 0 Å². The fourth-order valence-corrected chi connectivity index (χ4v) is 7.30.